The molecule has 0 bridgehead atoms. The van der Waals surface area contributed by atoms with E-state index in [-0.39, 0.29) is 0 Å². The molecular formula is C11H24N4. The Morgan fingerprint density at radius 3 is 2.33 bits per heavy atom. The lowest BCUT2D eigenvalue weighted by molar-refractivity contribution is 0.279. The Hall–Kier alpha value is -0.770. The van der Waals surface area contributed by atoms with Gasteiger partial charge in [-0.15, -0.1) is 0 Å². The summed E-state index contributed by atoms with van der Waals surface area (Å²) in [6.45, 7) is 1.89. The van der Waals surface area contributed by atoms with E-state index in [1.54, 1.807) is 7.05 Å². The molecule has 0 radical (unpaired) electrons. The third kappa shape index (κ3) is 4.08. The molecule has 1 aliphatic carbocycles. The number of hydrogen-bond acceptors (Lipinski definition) is 2. The van der Waals surface area contributed by atoms with E-state index in [9.17, 15) is 0 Å². The van der Waals surface area contributed by atoms with E-state index in [4.69, 9.17) is 5.73 Å². The second-order valence-corrected chi connectivity index (χ2v) is 4.33. The van der Waals surface area contributed by atoms with E-state index < -0.39 is 0 Å². The predicted molar refractivity (Wildman–Crippen MR) is 64.9 cm³/mol. The molecule has 0 saturated heterocycles. The summed E-state index contributed by atoms with van der Waals surface area (Å²) in [7, 11) is 3.69. The van der Waals surface area contributed by atoms with E-state index in [1.165, 1.54) is 25.7 Å². The van der Waals surface area contributed by atoms with E-state index in [2.05, 4.69) is 15.6 Å². The van der Waals surface area contributed by atoms with Crippen LogP contribution < -0.4 is 16.4 Å². The second kappa shape index (κ2) is 6.67. The summed E-state index contributed by atoms with van der Waals surface area (Å²) in [6.07, 6.45) is 5.19. The standard InChI is InChI=1S/C11H24N4/c1-13-11(14-2)15-8-10-5-3-9(7-12)4-6-10/h9-10H,3-8,12H2,1-2H3,(H2,13,14,15). The Bertz CT molecular complexity index is 195. The zero-order valence-electron chi connectivity index (χ0n) is 9.92. The molecule has 0 unspecified atom stereocenters. The minimum absolute atomic E-state index is 0.768. The van der Waals surface area contributed by atoms with Crippen molar-refractivity contribution in [3.8, 4) is 0 Å². The molecule has 0 amide bonds. The van der Waals surface area contributed by atoms with Crippen molar-refractivity contribution in [3.05, 3.63) is 0 Å². The highest BCUT2D eigenvalue weighted by Crippen LogP contribution is 2.27. The largest absolute Gasteiger partial charge is 0.359 e. The number of aliphatic imine (C=N–C) groups is 1. The molecule has 0 aromatic carbocycles. The van der Waals surface area contributed by atoms with Gasteiger partial charge in [0.1, 0.15) is 0 Å². The van der Waals surface area contributed by atoms with Gasteiger partial charge in [0.15, 0.2) is 5.96 Å². The molecule has 0 aliphatic heterocycles. The Morgan fingerprint density at radius 1 is 1.27 bits per heavy atom. The maximum atomic E-state index is 5.67. The number of rotatable bonds is 3. The maximum absolute atomic E-state index is 5.67. The van der Waals surface area contributed by atoms with Crippen molar-refractivity contribution in [2.45, 2.75) is 25.7 Å². The Morgan fingerprint density at radius 2 is 1.87 bits per heavy atom. The first-order valence-corrected chi connectivity index (χ1v) is 5.88. The van der Waals surface area contributed by atoms with Crippen molar-refractivity contribution in [2.24, 2.45) is 22.6 Å². The highest BCUT2D eigenvalue weighted by atomic mass is 15.1. The Balaban J connectivity index is 2.18. The first-order valence-electron chi connectivity index (χ1n) is 5.88. The molecule has 1 rings (SSSR count). The summed E-state index contributed by atoms with van der Waals surface area (Å²) in [5.74, 6) is 2.44. The second-order valence-electron chi connectivity index (χ2n) is 4.33. The van der Waals surface area contributed by atoms with E-state index in [0.717, 1.165) is 30.9 Å². The van der Waals surface area contributed by atoms with Crippen LogP contribution >= 0.6 is 0 Å². The number of nitrogens with one attached hydrogen (secondary N) is 2. The van der Waals surface area contributed by atoms with E-state index in [0.29, 0.717) is 0 Å². The lowest BCUT2D eigenvalue weighted by atomic mass is 9.82. The first kappa shape index (κ1) is 12.3. The number of nitrogens with two attached hydrogens (primary N) is 1. The van der Waals surface area contributed by atoms with Crippen LogP contribution in [0.1, 0.15) is 25.7 Å². The SMILES string of the molecule is CN=C(NC)NCC1CCC(CN)CC1. The molecule has 0 spiro atoms. The smallest absolute Gasteiger partial charge is 0.190 e. The normalized spacial score (nSPS) is 27.5. The minimum atomic E-state index is 0.768. The van der Waals surface area contributed by atoms with Crippen LogP contribution in [0.4, 0.5) is 0 Å². The number of hydrogen-bond donors (Lipinski definition) is 3. The fraction of sp³-hybridized carbons (Fsp3) is 0.909. The molecule has 0 heterocycles. The van der Waals surface area contributed by atoms with Crippen LogP contribution in [0.3, 0.4) is 0 Å². The highest BCUT2D eigenvalue weighted by Gasteiger charge is 2.19. The van der Waals surface area contributed by atoms with Gasteiger partial charge in [-0.05, 0) is 44.1 Å². The van der Waals surface area contributed by atoms with Gasteiger partial charge in [0.05, 0.1) is 0 Å². The van der Waals surface area contributed by atoms with Gasteiger partial charge in [-0.2, -0.15) is 0 Å². The summed E-state index contributed by atoms with van der Waals surface area (Å²) in [4.78, 5) is 4.10. The van der Waals surface area contributed by atoms with Crippen LogP contribution in [0.15, 0.2) is 4.99 Å². The van der Waals surface area contributed by atoms with Crippen LogP contribution in [0, 0.1) is 11.8 Å². The Labute approximate surface area is 92.7 Å². The average molecular weight is 212 g/mol. The van der Waals surface area contributed by atoms with Gasteiger partial charge < -0.3 is 16.4 Å². The first-order chi connectivity index (χ1) is 7.30. The topological polar surface area (TPSA) is 62.4 Å². The molecule has 4 N–H and O–H groups in total. The van der Waals surface area contributed by atoms with Gasteiger partial charge in [-0.1, -0.05) is 0 Å². The van der Waals surface area contributed by atoms with Gasteiger partial charge in [-0.3, -0.25) is 4.99 Å². The monoisotopic (exact) mass is 212 g/mol. The zero-order valence-corrected chi connectivity index (χ0v) is 9.92. The lowest BCUT2D eigenvalue weighted by Crippen LogP contribution is -2.38. The van der Waals surface area contributed by atoms with Gasteiger partial charge in [0.2, 0.25) is 0 Å². The lowest BCUT2D eigenvalue weighted by Gasteiger charge is -2.28. The molecule has 88 valence electrons. The molecule has 0 aromatic heterocycles. The van der Waals surface area contributed by atoms with E-state index in [1.807, 2.05) is 7.05 Å². The molecule has 4 nitrogen and oxygen atoms in total. The maximum Gasteiger partial charge on any atom is 0.190 e. The van der Waals surface area contributed by atoms with Crippen molar-refractivity contribution in [3.63, 3.8) is 0 Å². The zero-order chi connectivity index (χ0) is 11.1. The molecule has 0 aromatic rings. The van der Waals surface area contributed by atoms with Crippen LogP contribution in [0.2, 0.25) is 0 Å². The molecule has 1 saturated carbocycles. The van der Waals surface area contributed by atoms with Crippen LogP contribution in [-0.2, 0) is 0 Å². The molecule has 15 heavy (non-hydrogen) atoms. The Kier molecular flexibility index (Phi) is 5.47. The van der Waals surface area contributed by atoms with Crippen LogP contribution in [0.5, 0.6) is 0 Å². The summed E-state index contributed by atoms with van der Waals surface area (Å²) in [6, 6.07) is 0. The van der Waals surface area contributed by atoms with E-state index >= 15 is 0 Å². The van der Waals surface area contributed by atoms with Crippen molar-refractivity contribution in [1.29, 1.82) is 0 Å². The van der Waals surface area contributed by atoms with Gasteiger partial charge in [0, 0.05) is 20.6 Å². The predicted octanol–water partition coefficient (Wildman–Crippen LogP) is 0.546. The van der Waals surface area contributed by atoms with Gasteiger partial charge in [-0.25, -0.2) is 0 Å². The average Bonchev–Trinajstić information content (AvgIpc) is 2.31. The van der Waals surface area contributed by atoms with Crippen LogP contribution in [-0.4, -0.2) is 33.1 Å². The molecule has 1 fully saturated rings. The molecule has 0 atom stereocenters. The van der Waals surface area contributed by atoms with Crippen molar-refractivity contribution >= 4 is 5.96 Å². The third-order valence-corrected chi connectivity index (χ3v) is 3.32. The minimum Gasteiger partial charge on any atom is -0.359 e. The molecule has 4 heteroatoms. The summed E-state index contributed by atoms with van der Waals surface area (Å²) >= 11 is 0. The number of guanidine groups is 1. The summed E-state index contributed by atoms with van der Waals surface area (Å²) in [5, 5.41) is 6.36. The molecular weight excluding hydrogens is 188 g/mol. The number of nitrogens with zero attached hydrogens (tertiary/aromatic N) is 1. The van der Waals surface area contributed by atoms with Crippen LogP contribution in [0.25, 0.3) is 0 Å². The fourth-order valence-corrected chi connectivity index (χ4v) is 2.19. The summed E-state index contributed by atoms with van der Waals surface area (Å²) < 4.78 is 0. The highest BCUT2D eigenvalue weighted by molar-refractivity contribution is 5.79. The summed E-state index contributed by atoms with van der Waals surface area (Å²) in [5.41, 5.74) is 5.67. The molecule has 1 aliphatic rings. The van der Waals surface area contributed by atoms with Crippen molar-refractivity contribution in [1.82, 2.24) is 10.6 Å². The van der Waals surface area contributed by atoms with Gasteiger partial charge in [0.25, 0.3) is 0 Å². The fourth-order valence-electron chi connectivity index (χ4n) is 2.19. The van der Waals surface area contributed by atoms with Crippen molar-refractivity contribution in [2.75, 3.05) is 27.2 Å². The van der Waals surface area contributed by atoms with Crippen molar-refractivity contribution < 1.29 is 0 Å². The van der Waals surface area contributed by atoms with Gasteiger partial charge >= 0.3 is 0 Å². The third-order valence-electron chi connectivity index (χ3n) is 3.32. The quantitative estimate of drug-likeness (QED) is 0.473.